The predicted molar refractivity (Wildman–Crippen MR) is 147 cm³/mol. The molecule has 0 saturated carbocycles. The van der Waals surface area contributed by atoms with Crippen LogP contribution in [0.15, 0.2) is 30.3 Å². The van der Waals surface area contributed by atoms with Crippen molar-refractivity contribution in [2.75, 3.05) is 0 Å². The van der Waals surface area contributed by atoms with Gasteiger partial charge in [0.1, 0.15) is 5.75 Å². The maximum absolute atomic E-state index is 11.4. The van der Waals surface area contributed by atoms with Crippen molar-refractivity contribution in [3.63, 3.8) is 0 Å². The topological polar surface area (TPSA) is 20.2 Å². The molecule has 0 fully saturated rings. The summed E-state index contributed by atoms with van der Waals surface area (Å²) in [4.78, 5) is 0. The number of benzene rings is 2. The van der Waals surface area contributed by atoms with Crippen LogP contribution < -0.4 is 0 Å². The molecule has 1 N–H and O–H groups in total. The van der Waals surface area contributed by atoms with Gasteiger partial charge in [0.25, 0.3) is 0 Å². The van der Waals surface area contributed by atoms with Gasteiger partial charge >= 0.3 is 0 Å². The quantitative estimate of drug-likeness (QED) is 0.403. The van der Waals surface area contributed by atoms with E-state index in [1.165, 1.54) is 59.9 Å². The lowest BCUT2D eigenvalue weighted by atomic mass is 9.74. The predicted octanol–water partition coefficient (Wildman–Crippen LogP) is 10.2. The summed E-state index contributed by atoms with van der Waals surface area (Å²) in [6, 6.07) is 11.4. The maximum atomic E-state index is 11.4. The zero-order valence-corrected chi connectivity index (χ0v) is 23.2. The average Bonchev–Trinajstić information content (AvgIpc) is 2.73. The summed E-state index contributed by atoms with van der Waals surface area (Å²) in [5, 5.41) is 11.4. The molecule has 2 atom stereocenters. The van der Waals surface area contributed by atoms with E-state index in [9.17, 15) is 5.11 Å². The summed E-state index contributed by atoms with van der Waals surface area (Å²) in [7, 11) is 0. The molecule has 2 rings (SSSR count). The molecule has 0 spiro atoms. The average molecular weight is 451 g/mol. The van der Waals surface area contributed by atoms with E-state index in [-0.39, 0.29) is 10.8 Å². The Balaban J connectivity index is 2.71. The highest BCUT2D eigenvalue weighted by Crippen LogP contribution is 2.46. The first-order valence-electron chi connectivity index (χ1n) is 13.3. The summed E-state index contributed by atoms with van der Waals surface area (Å²) < 4.78 is 0. The van der Waals surface area contributed by atoms with Crippen LogP contribution in [0.25, 0.3) is 11.1 Å². The van der Waals surface area contributed by atoms with Gasteiger partial charge in [-0.3, -0.25) is 0 Å². The van der Waals surface area contributed by atoms with E-state index < -0.39 is 0 Å². The minimum atomic E-state index is -0.0600. The summed E-state index contributed by atoms with van der Waals surface area (Å²) in [5.41, 5.74) is 7.39. The summed E-state index contributed by atoms with van der Waals surface area (Å²) in [5.74, 6) is 1.44. The fraction of sp³-hybridized carbons (Fsp3) is 0.625. The van der Waals surface area contributed by atoms with Gasteiger partial charge in [0.2, 0.25) is 0 Å². The lowest BCUT2D eigenvalue weighted by molar-refractivity contribution is 0.470. The molecule has 1 heteroatoms. The summed E-state index contributed by atoms with van der Waals surface area (Å²) >= 11 is 0. The van der Waals surface area contributed by atoms with Crippen molar-refractivity contribution in [3.05, 3.63) is 52.6 Å². The maximum Gasteiger partial charge on any atom is 0.123 e. The Labute approximate surface area is 205 Å². The van der Waals surface area contributed by atoms with Crippen molar-refractivity contribution in [1.82, 2.24) is 0 Å². The summed E-state index contributed by atoms with van der Waals surface area (Å²) in [6.07, 6.45) is 7.32. The number of phenols is 1. The van der Waals surface area contributed by atoms with Crippen LogP contribution in [-0.2, 0) is 10.8 Å². The highest BCUT2D eigenvalue weighted by molar-refractivity contribution is 5.79. The van der Waals surface area contributed by atoms with Crippen molar-refractivity contribution in [2.45, 2.75) is 130 Å². The van der Waals surface area contributed by atoms with Crippen molar-refractivity contribution in [3.8, 4) is 16.9 Å². The Morgan fingerprint density at radius 1 is 0.697 bits per heavy atom. The third kappa shape index (κ3) is 6.87. The number of rotatable bonds is 9. The lowest BCUT2D eigenvalue weighted by Gasteiger charge is -2.30. The minimum Gasteiger partial charge on any atom is -0.507 e. The van der Waals surface area contributed by atoms with Crippen LogP contribution in [-0.4, -0.2) is 5.11 Å². The fourth-order valence-electron chi connectivity index (χ4n) is 4.87. The molecular formula is C32H50O. The zero-order chi connectivity index (χ0) is 25.0. The third-order valence-electron chi connectivity index (χ3n) is 7.19. The molecule has 2 aromatic carbocycles. The van der Waals surface area contributed by atoms with Crippen LogP contribution in [0.3, 0.4) is 0 Å². The van der Waals surface area contributed by atoms with Crippen LogP contribution in [0.1, 0.15) is 142 Å². The molecule has 184 valence electrons. The smallest absolute Gasteiger partial charge is 0.123 e. The van der Waals surface area contributed by atoms with Crippen molar-refractivity contribution >= 4 is 0 Å². The van der Waals surface area contributed by atoms with Crippen LogP contribution in [0.2, 0.25) is 0 Å². The standard InChI is InChI=1S/C32H50O/c1-11-13-15-22(3)24-17-18-26(27(19-24)31(5,6)7)30-28(32(8,9)10)20-25(21-29(30)33)23(4)16-14-12-2/h17-23,33H,11-16H2,1-10H3. The number of aromatic hydroxyl groups is 1. The molecule has 0 bridgehead atoms. The normalized spacial score (nSPS) is 14.4. The van der Waals surface area contributed by atoms with Gasteiger partial charge < -0.3 is 5.11 Å². The van der Waals surface area contributed by atoms with Crippen LogP contribution >= 0.6 is 0 Å². The van der Waals surface area contributed by atoms with Crippen molar-refractivity contribution < 1.29 is 5.11 Å². The van der Waals surface area contributed by atoms with Gasteiger partial charge in [0.05, 0.1) is 0 Å². The Hall–Kier alpha value is -1.76. The van der Waals surface area contributed by atoms with E-state index in [1.54, 1.807) is 0 Å². The SMILES string of the molecule is CCCCC(C)c1ccc(-c2c(O)cc(C(C)CCCC)cc2C(C)(C)C)c(C(C)(C)C)c1. The molecule has 0 aliphatic heterocycles. The molecule has 0 aliphatic rings. The van der Waals surface area contributed by atoms with Gasteiger partial charge in [-0.1, -0.05) is 119 Å². The molecule has 0 aliphatic carbocycles. The Morgan fingerprint density at radius 2 is 1.18 bits per heavy atom. The first kappa shape index (κ1) is 27.5. The Morgan fingerprint density at radius 3 is 1.67 bits per heavy atom. The molecular weight excluding hydrogens is 400 g/mol. The van der Waals surface area contributed by atoms with E-state index >= 15 is 0 Å². The minimum absolute atomic E-state index is 0.00942. The van der Waals surface area contributed by atoms with Gasteiger partial charge in [0.15, 0.2) is 0 Å². The first-order valence-corrected chi connectivity index (χ1v) is 13.3. The van der Waals surface area contributed by atoms with Gasteiger partial charge in [-0.25, -0.2) is 0 Å². The van der Waals surface area contributed by atoms with Crippen LogP contribution in [0.4, 0.5) is 0 Å². The molecule has 0 amide bonds. The highest BCUT2D eigenvalue weighted by Gasteiger charge is 2.28. The van der Waals surface area contributed by atoms with Gasteiger partial charge in [-0.05, 0) is 69.4 Å². The number of hydrogen-bond donors (Lipinski definition) is 1. The molecule has 0 saturated heterocycles. The number of hydrogen-bond acceptors (Lipinski definition) is 1. The van der Waals surface area contributed by atoms with E-state index in [1.807, 2.05) is 6.07 Å². The monoisotopic (exact) mass is 450 g/mol. The van der Waals surface area contributed by atoms with Crippen LogP contribution in [0, 0.1) is 0 Å². The number of phenolic OH excluding ortho intramolecular Hbond substituents is 1. The number of unbranched alkanes of at least 4 members (excludes halogenated alkanes) is 2. The van der Waals surface area contributed by atoms with Gasteiger partial charge in [-0.15, -0.1) is 0 Å². The van der Waals surface area contributed by atoms with Crippen molar-refractivity contribution in [2.24, 2.45) is 0 Å². The molecule has 2 unspecified atom stereocenters. The lowest BCUT2D eigenvalue weighted by Crippen LogP contribution is -2.17. The van der Waals surface area contributed by atoms with Gasteiger partial charge in [0, 0.05) is 5.56 Å². The highest BCUT2D eigenvalue weighted by atomic mass is 16.3. The van der Waals surface area contributed by atoms with E-state index in [0.29, 0.717) is 17.6 Å². The second-order valence-electron chi connectivity index (χ2n) is 12.4. The largest absolute Gasteiger partial charge is 0.507 e. The molecule has 0 heterocycles. The second kappa shape index (κ2) is 11.1. The van der Waals surface area contributed by atoms with Crippen LogP contribution in [0.5, 0.6) is 5.75 Å². The molecule has 2 aromatic rings. The second-order valence-corrected chi connectivity index (χ2v) is 12.4. The fourth-order valence-corrected chi connectivity index (χ4v) is 4.87. The Bertz CT molecular complexity index is 907. The van der Waals surface area contributed by atoms with E-state index in [0.717, 1.165) is 12.0 Å². The summed E-state index contributed by atoms with van der Waals surface area (Å²) in [6.45, 7) is 22.8. The zero-order valence-electron chi connectivity index (χ0n) is 23.2. The van der Waals surface area contributed by atoms with E-state index in [4.69, 9.17) is 0 Å². The molecule has 0 aromatic heterocycles. The Kier molecular flexibility index (Phi) is 9.25. The van der Waals surface area contributed by atoms with Crippen molar-refractivity contribution in [1.29, 1.82) is 0 Å². The van der Waals surface area contributed by atoms with E-state index in [2.05, 4.69) is 93.5 Å². The molecule has 0 radical (unpaired) electrons. The van der Waals surface area contributed by atoms with Gasteiger partial charge in [-0.2, -0.15) is 0 Å². The molecule has 1 nitrogen and oxygen atoms in total. The first-order chi connectivity index (χ1) is 15.3. The third-order valence-corrected chi connectivity index (χ3v) is 7.19. The molecule has 33 heavy (non-hydrogen) atoms.